The minimum Gasteiger partial charge on any atom is -0.493 e. The van der Waals surface area contributed by atoms with E-state index in [0.717, 1.165) is 9.87 Å². The van der Waals surface area contributed by atoms with Gasteiger partial charge in [0.25, 0.3) is 10.0 Å². The minimum atomic E-state index is -4.33. The van der Waals surface area contributed by atoms with Crippen molar-refractivity contribution in [2.24, 2.45) is 0 Å². The molecule has 42 heavy (non-hydrogen) atoms. The fourth-order valence-electron chi connectivity index (χ4n) is 4.20. The number of amides is 2. The Hall–Kier alpha value is -4.12. The maximum absolute atomic E-state index is 14.7. The summed E-state index contributed by atoms with van der Waals surface area (Å²) < 4.78 is 54.3. The van der Waals surface area contributed by atoms with Crippen LogP contribution in [0.4, 0.5) is 10.1 Å². The second kappa shape index (κ2) is 14.2. The molecule has 0 radical (unpaired) electrons. The Kier molecular flexibility index (Phi) is 10.9. The number of rotatable bonds is 13. The number of carbonyl (C=O) groups is 2. The highest BCUT2D eigenvalue weighted by Crippen LogP contribution is 2.32. The van der Waals surface area contributed by atoms with Gasteiger partial charge in [-0.2, -0.15) is 0 Å². The zero-order valence-electron chi connectivity index (χ0n) is 24.8. The van der Waals surface area contributed by atoms with E-state index in [9.17, 15) is 22.4 Å². The number of sulfonamides is 1. The van der Waals surface area contributed by atoms with Crippen molar-refractivity contribution in [3.8, 4) is 11.5 Å². The van der Waals surface area contributed by atoms with E-state index in [0.29, 0.717) is 12.2 Å². The van der Waals surface area contributed by atoms with E-state index in [4.69, 9.17) is 9.47 Å². The van der Waals surface area contributed by atoms with E-state index in [1.54, 1.807) is 30.3 Å². The summed E-state index contributed by atoms with van der Waals surface area (Å²) in [6, 6.07) is 15.6. The van der Waals surface area contributed by atoms with Crippen LogP contribution < -0.4 is 19.1 Å². The van der Waals surface area contributed by atoms with Crippen LogP contribution in [-0.2, 0) is 26.2 Å². The lowest BCUT2D eigenvalue weighted by Gasteiger charge is -2.32. The van der Waals surface area contributed by atoms with Crippen LogP contribution >= 0.6 is 0 Å². The van der Waals surface area contributed by atoms with Crippen LogP contribution in [0.1, 0.15) is 38.3 Å². The van der Waals surface area contributed by atoms with Crippen molar-refractivity contribution in [2.45, 2.75) is 57.6 Å². The topological polar surface area (TPSA) is 105 Å². The molecule has 3 rings (SSSR count). The van der Waals surface area contributed by atoms with Crippen LogP contribution in [0.3, 0.4) is 0 Å². The average molecular weight is 600 g/mol. The van der Waals surface area contributed by atoms with Crippen LogP contribution in [0.25, 0.3) is 0 Å². The third kappa shape index (κ3) is 7.58. The number of hydrogen-bond donors (Lipinski definition) is 1. The zero-order valence-corrected chi connectivity index (χ0v) is 25.6. The number of methoxy groups -OCH3 is 2. The van der Waals surface area contributed by atoms with Crippen molar-refractivity contribution in [3.05, 3.63) is 83.7 Å². The first-order chi connectivity index (χ1) is 19.9. The van der Waals surface area contributed by atoms with Gasteiger partial charge in [0.15, 0.2) is 11.5 Å². The summed E-state index contributed by atoms with van der Waals surface area (Å²) >= 11 is 0. The first-order valence-electron chi connectivity index (χ1n) is 13.6. The predicted molar refractivity (Wildman–Crippen MR) is 160 cm³/mol. The third-order valence-corrected chi connectivity index (χ3v) is 8.78. The fourth-order valence-corrected chi connectivity index (χ4v) is 5.63. The van der Waals surface area contributed by atoms with Crippen molar-refractivity contribution in [3.63, 3.8) is 0 Å². The van der Waals surface area contributed by atoms with E-state index in [1.165, 1.54) is 62.4 Å². The molecule has 226 valence electrons. The van der Waals surface area contributed by atoms with Crippen molar-refractivity contribution < 1.29 is 31.9 Å². The minimum absolute atomic E-state index is 0.128. The Morgan fingerprint density at radius 1 is 0.952 bits per heavy atom. The Balaban J connectivity index is 2.07. The van der Waals surface area contributed by atoms with Crippen LogP contribution in [-0.4, -0.2) is 58.0 Å². The quantitative estimate of drug-likeness (QED) is 0.306. The Bertz CT molecular complexity index is 1500. The molecule has 0 saturated carbocycles. The number of halogens is 1. The number of aryl methyl sites for hydroxylation is 1. The van der Waals surface area contributed by atoms with E-state index in [1.807, 2.05) is 20.8 Å². The number of nitrogens with one attached hydrogen (secondary N) is 1. The molecular weight excluding hydrogens is 561 g/mol. The second-order valence-corrected chi connectivity index (χ2v) is 11.8. The van der Waals surface area contributed by atoms with Crippen LogP contribution in [0.5, 0.6) is 11.5 Å². The number of nitrogens with zero attached hydrogens (tertiary/aromatic N) is 2. The SMILES string of the molecule is CC[C@H](C)NC(=O)[C@H](C)N(Cc1ccccc1F)C(=O)CN(c1ccc(C)cc1)S(=O)(=O)c1ccc(OC)c(OC)c1. The summed E-state index contributed by atoms with van der Waals surface area (Å²) in [6.07, 6.45) is 0.671. The van der Waals surface area contributed by atoms with Gasteiger partial charge in [-0.3, -0.25) is 13.9 Å². The van der Waals surface area contributed by atoms with Gasteiger partial charge in [0.05, 0.1) is 24.8 Å². The number of benzene rings is 3. The number of ether oxygens (including phenoxy) is 2. The van der Waals surface area contributed by atoms with E-state index in [2.05, 4.69) is 5.32 Å². The molecule has 3 aromatic rings. The van der Waals surface area contributed by atoms with Crippen molar-refractivity contribution >= 4 is 27.5 Å². The van der Waals surface area contributed by atoms with Crippen LogP contribution in [0, 0.1) is 12.7 Å². The number of anilines is 1. The number of hydrogen-bond acceptors (Lipinski definition) is 6. The molecule has 0 aliphatic heterocycles. The molecule has 0 saturated heterocycles. The highest BCUT2D eigenvalue weighted by molar-refractivity contribution is 7.92. The maximum atomic E-state index is 14.7. The van der Waals surface area contributed by atoms with Crippen LogP contribution in [0.15, 0.2) is 71.6 Å². The molecular formula is C31H38FN3O6S. The molecule has 1 N–H and O–H groups in total. The van der Waals surface area contributed by atoms with Gasteiger partial charge in [-0.15, -0.1) is 0 Å². The lowest BCUT2D eigenvalue weighted by atomic mass is 10.1. The van der Waals surface area contributed by atoms with Gasteiger partial charge < -0.3 is 19.7 Å². The molecule has 2 amide bonds. The smallest absolute Gasteiger partial charge is 0.264 e. The number of carbonyl (C=O) groups excluding carboxylic acids is 2. The van der Waals surface area contributed by atoms with Crippen molar-refractivity contribution in [2.75, 3.05) is 25.1 Å². The summed E-state index contributed by atoms with van der Waals surface area (Å²) in [7, 11) is -1.50. The Morgan fingerprint density at radius 2 is 1.60 bits per heavy atom. The third-order valence-electron chi connectivity index (χ3n) is 7.01. The Labute approximate surface area is 247 Å². The van der Waals surface area contributed by atoms with Gasteiger partial charge in [-0.25, -0.2) is 12.8 Å². The van der Waals surface area contributed by atoms with E-state index >= 15 is 0 Å². The summed E-state index contributed by atoms with van der Waals surface area (Å²) in [4.78, 5) is 28.2. The first-order valence-corrected chi connectivity index (χ1v) is 15.0. The van der Waals surface area contributed by atoms with Gasteiger partial charge in [-0.05, 0) is 57.5 Å². The Morgan fingerprint density at radius 3 is 2.19 bits per heavy atom. The van der Waals surface area contributed by atoms with Crippen LogP contribution in [0.2, 0.25) is 0 Å². The van der Waals surface area contributed by atoms with E-state index < -0.39 is 40.2 Å². The highest BCUT2D eigenvalue weighted by atomic mass is 32.2. The molecule has 0 spiro atoms. The molecule has 0 bridgehead atoms. The largest absolute Gasteiger partial charge is 0.493 e. The molecule has 0 aromatic heterocycles. The van der Waals surface area contributed by atoms with Gasteiger partial charge in [0, 0.05) is 24.2 Å². The maximum Gasteiger partial charge on any atom is 0.264 e. The molecule has 0 unspecified atom stereocenters. The standard InChI is InChI=1S/C31H38FN3O6S/c1-7-22(3)33-31(37)23(4)34(19-24-10-8-9-11-27(24)32)30(36)20-35(25-14-12-21(2)13-15-25)42(38,39)26-16-17-28(40-5)29(18-26)41-6/h8-18,22-23H,7,19-20H2,1-6H3,(H,33,37)/t22-,23-/m0/s1. The van der Waals surface area contributed by atoms with Crippen molar-refractivity contribution in [1.29, 1.82) is 0 Å². The molecule has 0 fully saturated rings. The average Bonchev–Trinajstić information content (AvgIpc) is 2.98. The second-order valence-electron chi connectivity index (χ2n) is 9.97. The first kappa shape index (κ1) is 32.4. The molecule has 11 heteroatoms. The normalized spacial score (nSPS) is 12.6. The lowest BCUT2D eigenvalue weighted by Crippen LogP contribution is -2.52. The zero-order chi connectivity index (χ0) is 31.0. The van der Waals surface area contributed by atoms with Gasteiger partial charge in [0.1, 0.15) is 18.4 Å². The molecule has 0 aliphatic carbocycles. The molecule has 3 aromatic carbocycles. The monoisotopic (exact) mass is 599 g/mol. The van der Waals surface area contributed by atoms with Crippen molar-refractivity contribution in [1.82, 2.24) is 10.2 Å². The van der Waals surface area contributed by atoms with E-state index in [-0.39, 0.29) is 34.5 Å². The summed E-state index contributed by atoms with van der Waals surface area (Å²) in [5, 5.41) is 2.85. The summed E-state index contributed by atoms with van der Waals surface area (Å²) in [6.45, 7) is 6.26. The fraction of sp³-hybridized carbons (Fsp3) is 0.355. The van der Waals surface area contributed by atoms with Gasteiger partial charge in [-0.1, -0.05) is 42.8 Å². The summed E-state index contributed by atoms with van der Waals surface area (Å²) in [5.41, 5.74) is 1.33. The predicted octanol–water partition coefficient (Wildman–Crippen LogP) is 4.68. The summed E-state index contributed by atoms with van der Waals surface area (Å²) in [5.74, 6) is -1.12. The molecule has 9 nitrogen and oxygen atoms in total. The highest BCUT2D eigenvalue weighted by Gasteiger charge is 2.33. The van der Waals surface area contributed by atoms with Gasteiger partial charge >= 0.3 is 0 Å². The lowest BCUT2D eigenvalue weighted by molar-refractivity contribution is -0.139. The molecule has 2 atom stereocenters. The molecule has 0 aliphatic rings. The van der Waals surface area contributed by atoms with Gasteiger partial charge in [0.2, 0.25) is 11.8 Å². The molecule has 0 heterocycles.